The summed E-state index contributed by atoms with van der Waals surface area (Å²) in [5, 5.41) is 3.24. The van der Waals surface area contributed by atoms with E-state index in [0.29, 0.717) is 0 Å². The number of hydrogen-bond acceptors (Lipinski definition) is 3. The minimum absolute atomic E-state index is 1.26. The van der Waals surface area contributed by atoms with Gasteiger partial charge in [-0.2, -0.15) is 0 Å². The third kappa shape index (κ3) is 3.51. The van der Waals surface area contributed by atoms with Crippen molar-refractivity contribution in [2.45, 2.75) is 6.92 Å². The highest BCUT2D eigenvalue weighted by Gasteiger charge is 1.72. The Balaban J connectivity index is 0.000000127. The lowest BCUT2D eigenvalue weighted by Crippen LogP contribution is -1.62. The second-order valence-corrected chi connectivity index (χ2v) is 2.24. The van der Waals surface area contributed by atoms with E-state index in [1.54, 1.807) is 0 Å². The summed E-state index contributed by atoms with van der Waals surface area (Å²) in [7, 11) is 0. The summed E-state index contributed by atoms with van der Waals surface area (Å²) < 4.78 is 4.22. The number of aromatic nitrogens is 2. The fourth-order valence-electron chi connectivity index (χ4n) is 0.670. The fourth-order valence-corrected chi connectivity index (χ4v) is 0.670. The van der Waals surface area contributed by atoms with Gasteiger partial charge in [-0.05, 0) is 6.92 Å². The van der Waals surface area contributed by atoms with E-state index in [-0.39, 0.29) is 0 Å². The van der Waals surface area contributed by atoms with Crippen LogP contribution in [-0.4, -0.2) is 10.1 Å². The molecule has 62 valence electrons. The lowest BCUT2D eigenvalue weighted by molar-refractivity contribution is 0.416. The van der Waals surface area contributed by atoms with Gasteiger partial charge in [0.1, 0.15) is 0 Å². The van der Waals surface area contributed by atoms with E-state index in [1.807, 2.05) is 18.2 Å². The van der Waals surface area contributed by atoms with Gasteiger partial charge in [0.25, 0.3) is 0 Å². The predicted octanol–water partition coefficient (Wildman–Crippen LogP) is 2.06. The Morgan fingerprint density at radius 2 is 1.92 bits per heavy atom. The number of aryl methyl sites for hydroxylation is 1. The summed E-state index contributed by atoms with van der Waals surface area (Å²) in [6.07, 6.45) is 2.60. The first-order chi connectivity index (χ1) is 5.89. The van der Waals surface area contributed by atoms with Crippen LogP contribution in [0.15, 0.2) is 47.6 Å². The first kappa shape index (κ1) is 8.46. The molecule has 0 radical (unpaired) electrons. The summed E-state index contributed by atoms with van der Waals surface area (Å²) >= 11 is 0. The number of rotatable bonds is 0. The highest BCUT2D eigenvalue weighted by molar-refractivity contribution is 5.11. The Morgan fingerprint density at radius 3 is 2.17 bits per heavy atom. The Bertz CT molecular complexity index is 261. The largest absolute Gasteiger partial charge is 0.343 e. The summed E-state index contributed by atoms with van der Waals surface area (Å²) in [5.41, 5.74) is 1.32. The van der Waals surface area contributed by atoms with Crippen molar-refractivity contribution in [1.29, 1.82) is 0 Å². The molecule has 2 aromatic rings. The van der Waals surface area contributed by atoms with Crippen molar-refractivity contribution in [2.75, 3.05) is 0 Å². The van der Waals surface area contributed by atoms with E-state index in [2.05, 4.69) is 33.7 Å². The zero-order valence-corrected chi connectivity index (χ0v) is 6.84. The number of hydrogen-bond donors (Lipinski definition) is 0. The molecule has 0 amide bonds. The van der Waals surface area contributed by atoms with Crippen molar-refractivity contribution in [3.05, 3.63) is 48.6 Å². The minimum Gasteiger partial charge on any atom is -0.343 e. The highest BCUT2D eigenvalue weighted by Crippen LogP contribution is 1.92. The van der Waals surface area contributed by atoms with Crippen molar-refractivity contribution < 1.29 is 4.52 Å². The molecule has 12 heavy (non-hydrogen) atoms. The second-order valence-electron chi connectivity index (χ2n) is 2.24. The molecule has 0 spiro atoms. The van der Waals surface area contributed by atoms with E-state index in [0.717, 1.165) is 0 Å². The summed E-state index contributed by atoms with van der Waals surface area (Å²) in [6.45, 7) is 2.08. The highest BCUT2D eigenvalue weighted by atomic mass is 16.5. The van der Waals surface area contributed by atoms with Gasteiger partial charge in [0, 0.05) is 0 Å². The van der Waals surface area contributed by atoms with Crippen LogP contribution in [0.4, 0.5) is 0 Å². The minimum atomic E-state index is 1.26. The normalized spacial score (nSPS) is 8.42. The maximum Gasteiger partial charge on any atom is 0.213 e. The molecule has 3 heteroatoms. The summed E-state index contributed by atoms with van der Waals surface area (Å²) in [5.74, 6) is 0. The first-order valence-corrected chi connectivity index (χ1v) is 3.60. The molecule has 0 N–H and O–H groups in total. The molecular formula is C9H10N2O. The fraction of sp³-hybridized carbons (Fsp3) is 0.111. The van der Waals surface area contributed by atoms with Gasteiger partial charge in [0.15, 0.2) is 6.33 Å². The lowest BCUT2D eigenvalue weighted by atomic mass is 10.2. The number of benzene rings is 1. The van der Waals surface area contributed by atoms with Crippen LogP contribution in [0.5, 0.6) is 0 Å². The molecule has 1 aromatic heterocycles. The average molecular weight is 162 g/mol. The Labute approximate surface area is 71.0 Å². The SMILES string of the molecule is Cc1ccccc1.c1ncon1. The molecule has 1 aromatic carbocycles. The molecular weight excluding hydrogens is 152 g/mol. The maximum atomic E-state index is 4.22. The van der Waals surface area contributed by atoms with Gasteiger partial charge in [-0.1, -0.05) is 41.1 Å². The maximum absolute atomic E-state index is 4.22. The van der Waals surface area contributed by atoms with Crippen molar-refractivity contribution in [1.82, 2.24) is 10.1 Å². The second kappa shape index (κ2) is 5.07. The van der Waals surface area contributed by atoms with Crippen molar-refractivity contribution >= 4 is 0 Å². The Morgan fingerprint density at radius 1 is 1.17 bits per heavy atom. The molecule has 0 bridgehead atoms. The van der Waals surface area contributed by atoms with Gasteiger partial charge in [-0.15, -0.1) is 0 Å². The molecule has 0 aliphatic rings. The predicted molar refractivity (Wildman–Crippen MR) is 45.5 cm³/mol. The molecule has 2 rings (SSSR count). The third-order valence-electron chi connectivity index (χ3n) is 1.22. The molecule has 0 aliphatic carbocycles. The molecule has 0 unspecified atom stereocenters. The zero-order chi connectivity index (χ0) is 8.65. The quantitative estimate of drug-likeness (QED) is 0.595. The monoisotopic (exact) mass is 162 g/mol. The van der Waals surface area contributed by atoms with E-state index in [4.69, 9.17) is 0 Å². The van der Waals surface area contributed by atoms with Gasteiger partial charge in [0.05, 0.1) is 0 Å². The summed E-state index contributed by atoms with van der Waals surface area (Å²) in [4.78, 5) is 3.44. The van der Waals surface area contributed by atoms with Crippen LogP contribution in [0, 0.1) is 6.92 Å². The van der Waals surface area contributed by atoms with Crippen LogP contribution in [0.25, 0.3) is 0 Å². The van der Waals surface area contributed by atoms with E-state index in [1.165, 1.54) is 18.3 Å². The summed E-state index contributed by atoms with van der Waals surface area (Å²) in [6, 6.07) is 10.3. The van der Waals surface area contributed by atoms with Gasteiger partial charge >= 0.3 is 0 Å². The third-order valence-corrected chi connectivity index (χ3v) is 1.22. The van der Waals surface area contributed by atoms with Gasteiger partial charge < -0.3 is 4.52 Å². The first-order valence-electron chi connectivity index (χ1n) is 3.60. The Kier molecular flexibility index (Phi) is 3.57. The molecule has 0 atom stereocenters. The van der Waals surface area contributed by atoms with Crippen molar-refractivity contribution in [2.24, 2.45) is 0 Å². The van der Waals surface area contributed by atoms with Crippen LogP contribution in [0.2, 0.25) is 0 Å². The van der Waals surface area contributed by atoms with Gasteiger partial charge in [-0.25, -0.2) is 4.98 Å². The van der Waals surface area contributed by atoms with Crippen LogP contribution >= 0.6 is 0 Å². The van der Waals surface area contributed by atoms with E-state index >= 15 is 0 Å². The van der Waals surface area contributed by atoms with E-state index in [9.17, 15) is 0 Å². The molecule has 0 saturated carbocycles. The van der Waals surface area contributed by atoms with Gasteiger partial charge in [-0.3, -0.25) is 0 Å². The molecule has 0 aliphatic heterocycles. The van der Waals surface area contributed by atoms with Crippen LogP contribution in [0.1, 0.15) is 5.56 Å². The Hall–Kier alpha value is -1.64. The zero-order valence-electron chi connectivity index (χ0n) is 6.84. The lowest BCUT2D eigenvalue weighted by Gasteiger charge is -1.82. The van der Waals surface area contributed by atoms with Crippen LogP contribution in [-0.2, 0) is 0 Å². The van der Waals surface area contributed by atoms with Crippen molar-refractivity contribution in [3.63, 3.8) is 0 Å². The molecule has 3 nitrogen and oxygen atoms in total. The molecule has 0 saturated heterocycles. The van der Waals surface area contributed by atoms with E-state index < -0.39 is 0 Å². The topological polar surface area (TPSA) is 38.9 Å². The number of nitrogens with zero attached hydrogens (tertiary/aromatic N) is 2. The average Bonchev–Trinajstić information content (AvgIpc) is 2.62. The van der Waals surface area contributed by atoms with Gasteiger partial charge in [0.2, 0.25) is 6.39 Å². The van der Waals surface area contributed by atoms with Crippen molar-refractivity contribution in [3.8, 4) is 0 Å². The van der Waals surface area contributed by atoms with Crippen LogP contribution in [0.3, 0.4) is 0 Å². The molecule has 0 fully saturated rings. The molecule has 1 heterocycles. The standard InChI is InChI=1S/C7H8.C2H2N2O/c1-7-5-3-2-4-6-7;1-3-2-5-4-1/h2-6H,1H3;1-2H. The smallest absolute Gasteiger partial charge is 0.213 e. The van der Waals surface area contributed by atoms with Crippen LogP contribution < -0.4 is 0 Å².